The Morgan fingerprint density at radius 1 is 1.13 bits per heavy atom. The number of nitrogens with one attached hydrogen (secondary N) is 1. The minimum atomic E-state index is 0.0219. The fourth-order valence-electron chi connectivity index (χ4n) is 3.81. The lowest BCUT2D eigenvalue weighted by Crippen LogP contribution is -2.32. The number of halogens is 1. The van der Waals surface area contributed by atoms with Gasteiger partial charge in [-0.05, 0) is 61.2 Å². The van der Waals surface area contributed by atoms with Gasteiger partial charge in [0.05, 0.1) is 24.7 Å². The Balaban J connectivity index is 1.70. The summed E-state index contributed by atoms with van der Waals surface area (Å²) in [5.41, 5.74) is 13.1. The summed E-state index contributed by atoms with van der Waals surface area (Å²) < 4.78 is 5.40. The first-order chi connectivity index (χ1) is 15.0. The van der Waals surface area contributed by atoms with Crippen molar-refractivity contribution in [1.29, 1.82) is 0 Å². The van der Waals surface area contributed by atoms with Gasteiger partial charge in [0.25, 0.3) is 0 Å². The van der Waals surface area contributed by atoms with E-state index < -0.39 is 0 Å². The number of guanidine groups is 1. The van der Waals surface area contributed by atoms with Crippen LogP contribution in [0.25, 0.3) is 23.1 Å². The molecule has 1 heterocycles. The number of hydrogen-bond donors (Lipinski definition) is 3. The van der Waals surface area contributed by atoms with Gasteiger partial charge in [-0.25, -0.2) is 15.0 Å². The second kappa shape index (κ2) is 9.22. The second-order valence-electron chi connectivity index (χ2n) is 7.50. The molecule has 5 N–H and O–H groups in total. The minimum absolute atomic E-state index is 0.0219. The van der Waals surface area contributed by atoms with Crippen molar-refractivity contribution in [3.63, 3.8) is 0 Å². The highest BCUT2D eigenvalue weighted by Crippen LogP contribution is 2.30. The van der Waals surface area contributed by atoms with Gasteiger partial charge in [0.1, 0.15) is 11.6 Å². The van der Waals surface area contributed by atoms with E-state index >= 15 is 0 Å². The summed E-state index contributed by atoms with van der Waals surface area (Å²) in [6, 6.07) is 13.5. The predicted octanol–water partition coefficient (Wildman–Crippen LogP) is 4.07. The lowest BCUT2D eigenvalue weighted by Gasteiger charge is -2.20. The average molecular weight is 437 g/mol. The van der Waals surface area contributed by atoms with Crippen LogP contribution in [0.5, 0.6) is 5.75 Å². The largest absolute Gasteiger partial charge is 0.497 e. The molecular weight excluding hydrogens is 412 g/mol. The van der Waals surface area contributed by atoms with Crippen molar-refractivity contribution in [2.75, 3.05) is 12.4 Å². The number of hydrogen-bond acceptors (Lipinski definition) is 5. The number of methoxy groups -OCH3 is 1. The Labute approximate surface area is 186 Å². The van der Waals surface area contributed by atoms with Crippen molar-refractivity contribution in [3.8, 4) is 5.75 Å². The van der Waals surface area contributed by atoms with Gasteiger partial charge in [0, 0.05) is 10.4 Å². The molecule has 0 radical (unpaired) electrons. The van der Waals surface area contributed by atoms with Gasteiger partial charge in [0.2, 0.25) is 0 Å². The fourth-order valence-corrected chi connectivity index (χ4v) is 3.94. The molecule has 7 nitrogen and oxygen atoms in total. The molecular formula is C23H25ClN6O. The summed E-state index contributed by atoms with van der Waals surface area (Å²) in [6.07, 6.45) is 6.80. The van der Waals surface area contributed by atoms with Crippen molar-refractivity contribution in [2.24, 2.45) is 16.5 Å². The van der Waals surface area contributed by atoms with Crippen molar-refractivity contribution < 1.29 is 4.74 Å². The number of ether oxygens (including phenoxy) is 1. The van der Waals surface area contributed by atoms with Gasteiger partial charge in [-0.1, -0.05) is 29.8 Å². The van der Waals surface area contributed by atoms with Crippen molar-refractivity contribution in [3.05, 3.63) is 58.9 Å². The molecule has 160 valence electrons. The van der Waals surface area contributed by atoms with E-state index in [1.807, 2.05) is 54.6 Å². The first kappa shape index (κ1) is 20.9. The Kier molecular flexibility index (Phi) is 6.23. The lowest BCUT2D eigenvalue weighted by molar-refractivity contribution is 0.415. The summed E-state index contributed by atoms with van der Waals surface area (Å²) in [5.74, 6) is 2.20. The molecule has 0 aliphatic heterocycles. The highest BCUT2D eigenvalue weighted by Gasteiger charge is 2.28. The molecule has 0 saturated heterocycles. The van der Waals surface area contributed by atoms with Crippen LogP contribution in [0.2, 0.25) is 5.02 Å². The molecule has 8 heteroatoms. The summed E-state index contributed by atoms with van der Waals surface area (Å²) in [5, 5.41) is 5.15. The molecule has 1 aliphatic rings. The molecule has 0 unspecified atom stereocenters. The molecule has 1 aliphatic carbocycles. The normalized spacial score (nSPS) is 18.4. The number of aromatic nitrogens is 2. The number of benzene rings is 2. The van der Waals surface area contributed by atoms with Crippen LogP contribution < -0.4 is 21.5 Å². The second-order valence-corrected chi connectivity index (χ2v) is 7.94. The molecule has 0 spiro atoms. The molecule has 31 heavy (non-hydrogen) atoms. The number of fused-ring (bicyclic) bond motifs is 1. The van der Waals surface area contributed by atoms with Gasteiger partial charge in [-0.2, -0.15) is 0 Å². The Morgan fingerprint density at radius 2 is 1.94 bits per heavy atom. The van der Waals surface area contributed by atoms with Crippen LogP contribution in [0.4, 0.5) is 5.82 Å². The Bertz CT molecular complexity index is 1120. The number of nitrogens with zero attached hydrogens (tertiary/aromatic N) is 3. The van der Waals surface area contributed by atoms with Crippen LogP contribution in [0, 0.1) is 0 Å². The predicted molar refractivity (Wildman–Crippen MR) is 127 cm³/mol. The summed E-state index contributed by atoms with van der Waals surface area (Å²) >= 11 is 5.97. The van der Waals surface area contributed by atoms with Crippen molar-refractivity contribution in [1.82, 2.24) is 9.97 Å². The molecule has 2 atom stereocenters. The molecule has 2 aromatic carbocycles. The van der Waals surface area contributed by atoms with Gasteiger partial charge < -0.3 is 21.5 Å². The smallest absolute Gasteiger partial charge is 0.186 e. The van der Waals surface area contributed by atoms with E-state index in [1.54, 1.807) is 7.11 Å². The van der Waals surface area contributed by atoms with Gasteiger partial charge in [-0.3, -0.25) is 0 Å². The van der Waals surface area contributed by atoms with E-state index in [4.69, 9.17) is 37.8 Å². The van der Waals surface area contributed by atoms with Crippen LogP contribution in [-0.2, 0) is 0 Å². The van der Waals surface area contributed by atoms with Crippen LogP contribution in [-0.4, -0.2) is 35.1 Å². The van der Waals surface area contributed by atoms with Crippen LogP contribution in [0.1, 0.15) is 30.7 Å². The zero-order valence-electron chi connectivity index (χ0n) is 17.3. The maximum Gasteiger partial charge on any atom is 0.186 e. The fraction of sp³-hybridized carbons (Fsp3) is 0.261. The first-order valence-corrected chi connectivity index (χ1v) is 10.5. The number of nitrogens with two attached hydrogens (primary N) is 2. The van der Waals surface area contributed by atoms with Gasteiger partial charge >= 0.3 is 0 Å². The lowest BCUT2D eigenvalue weighted by atomic mass is 10.1. The average Bonchev–Trinajstić information content (AvgIpc) is 3.19. The molecule has 1 fully saturated rings. The van der Waals surface area contributed by atoms with Gasteiger partial charge in [0.15, 0.2) is 11.8 Å². The highest BCUT2D eigenvalue weighted by molar-refractivity contribution is 6.30. The van der Waals surface area contributed by atoms with E-state index in [0.29, 0.717) is 10.8 Å². The third kappa shape index (κ3) is 5.06. The van der Waals surface area contributed by atoms with Crippen LogP contribution >= 0.6 is 11.6 Å². The third-order valence-corrected chi connectivity index (χ3v) is 5.58. The zero-order chi connectivity index (χ0) is 21.8. The zero-order valence-corrected chi connectivity index (χ0v) is 18.0. The summed E-state index contributed by atoms with van der Waals surface area (Å²) in [4.78, 5) is 13.9. The molecule has 4 rings (SSSR count). The SMILES string of the molecule is COc1ccc2nc(C=Cc3ccc(Cl)cc3)nc(N[C@@H]3CCC[C@@H]3N=C(N)N)c2c1. The topological polar surface area (TPSA) is 111 Å². The highest BCUT2D eigenvalue weighted by atomic mass is 35.5. The van der Waals surface area contributed by atoms with E-state index in [0.717, 1.165) is 47.3 Å². The molecule has 1 saturated carbocycles. The molecule has 1 aromatic heterocycles. The number of rotatable bonds is 6. The number of aliphatic imine (C=N–C) groups is 1. The summed E-state index contributed by atoms with van der Waals surface area (Å²) in [6.45, 7) is 0. The van der Waals surface area contributed by atoms with E-state index in [-0.39, 0.29) is 18.0 Å². The maximum absolute atomic E-state index is 5.97. The van der Waals surface area contributed by atoms with E-state index in [9.17, 15) is 0 Å². The maximum atomic E-state index is 5.97. The molecule has 0 bridgehead atoms. The van der Waals surface area contributed by atoms with Gasteiger partial charge in [-0.15, -0.1) is 0 Å². The molecule has 3 aromatic rings. The molecule has 0 amide bonds. The van der Waals surface area contributed by atoms with Crippen molar-refractivity contribution in [2.45, 2.75) is 31.3 Å². The first-order valence-electron chi connectivity index (χ1n) is 10.2. The third-order valence-electron chi connectivity index (χ3n) is 5.33. The monoisotopic (exact) mass is 436 g/mol. The van der Waals surface area contributed by atoms with Crippen molar-refractivity contribution >= 4 is 46.4 Å². The summed E-state index contributed by atoms with van der Waals surface area (Å²) in [7, 11) is 1.64. The minimum Gasteiger partial charge on any atom is -0.497 e. The van der Waals surface area contributed by atoms with E-state index in [1.165, 1.54) is 0 Å². The quantitative estimate of drug-likeness (QED) is 0.396. The Hall–Kier alpha value is -3.32. The van der Waals surface area contributed by atoms with E-state index in [2.05, 4.69) is 10.3 Å². The van der Waals surface area contributed by atoms with Crippen LogP contribution in [0.15, 0.2) is 47.5 Å². The Morgan fingerprint density at radius 3 is 2.68 bits per heavy atom. The standard InChI is InChI=1S/C23H25ClN6O/c1-31-16-10-11-18-17(13-16)22(28-19-3-2-4-20(19)29-23(25)26)30-21(27-18)12-7-14-5-8-15(24)9-6-14/h5-13,19-20H,2-4H2,1H3,(H4,25,26,29)(H,27,28,30)/t19-,20+/m1/s1. The number of anilines is 1. The van der Waals surface area contributed by atoms with Crippen LogP contribution in [0.3, 0.4) is 0 Å².